The minimum atomic E-state index is 0.257. The average Bonchev–Trinajstić information content (AvgIpc) is 2.42. The zero-order valence-electron chi connectivity index (χ0n) is 12.4. The first-order chi connectivity index (χ1) is 9.68. The summed E-state index contributed by atoms with van der Waals surface area (Å²) in [6.07, 6.45) is 3.78. The van der Waals surface area contributed by atoms with Crippen molar-refractivity contribution in [1.29, 1.82) is 0 Å². The molecule has 20 heavy (non-hydrogen) atoms. The highest BCUT2D eigenvalue weighted by molar-refractivity contribution is 5.83. The number of benzene rings is 2. The Morgan fingerprint density at radius 1 is 1.15 bits per heavy atom. The second kappa shape index (κ2) is 5.19. The average molecular weight is 268 g/mol. The normalized spacial score (nSPS) is 18.8. The molecule has 1 aliphatic carbocycles. The van der Waals surface area contributed by atoms with Gasteiger partial charge in [-0.1, -0.05) is 42.3 Å². The van der Waals surface area contributed by atoms with Gasteiger partial charge in [0.05, 0.1) is 0 Å². The largest absolute Gasteiger partial charge is 0.330 e. The first kappa shape index (κ1) is 13.6. The molecule has 1 atom stereocenters. The van der Waals surface area contributed by atoms with Crippen LogP contribution < -0.4 is 11.1 Å². The molecule has 106 valence electrons. The smallest absolute Gasteiger partial charge is 0.0387 e. The van der Waals surface area contributed by atoms with Crippen LogP contribution >= 0.6 is 0 Å². The topological polar surface area (TPSA) is 38.0 Å². The van der Waals surface area contributed by atoms with Crippen LogP contribution in [0.25, 0.3) is 10.8 Å². The highest BCUT2D eigenvalue weighted by Crippen LogP contribution is 2.49. The van der Waals surface area contributed by atoms with Gasteiger partial charge in [0.1, 0.15) is 0 Å². The molecule has 1 fully saturated rings. The quantitative estimate of drug-likeness (QED) is 0.890. The van der Waals surface area contributed by atoms with E-state index < -0.39 is 0 Å². The van der Waals surface area contributed by atoms with E-state index in [9.17, 15) is 0 Å². The van der Waals surface area contributed by atoms with Crippen molar-refractivity contribution >= 4 is 10.8 Å². The Morgan fingerprint density at radius 3 is 2.45 bits per heavy atom. The lowest BCUT2D eigenvalue weighted by molar-refractivity contribution is 0.0880. The van der Waals surface area contributed by atoms with E-state index in [-0.39, 0.29) is 5.41 Å². The summed E-state index contributed by atoms with van der Waals surface area (Å²) < 4.78 is 0. The van der Waals surface area contributed by atoms with Gasteiger partial charge >= 0.3 is 0 Å². The predicted octanol–water partition coefficient (Wildman–Crippen LogP) is 3.54. The van der Waals surface area contributed by atoms with Crippen LogP contribution in [0, 0.1) is 12.3 Å². The van der Waals surface area contributed by atoms with E-state index in [0.29, 0.717) is 6.04 Å². The van der Waals surface area contributed by atoms with Crippen LogP contribution in [0.2, 0.25) is 0 Å². The predicted molar refractivity (Wildman–Crippen MR) is 85.8 cm³/mol. The minimum absolute atomic E-state index is 0.257. The van der Waals surface area contributed by atoms with Crippen molar-refractivity contribution in [2.75, 3.05) is 13.6 Å². The molecule has 2 nitrogen and oxygen atoms in total. The fourth-order valence-corrected chi connectivity index (χ4v) is 3.63. The second-order valence-corrected chi connectivity index (χ2v) is 6.25. The highest BCUT2D eigenvalue weighted by Gasteiger charge is 2.42. The third kappa shape index (κ3) is 2.13. The molecule has 3 rings (SSSR count). The molecule has 2 heteroatoms. The monoisotopic (exact) mass is 268 g/mol. The van der Waals surface area contributed by atoms with Gasteiger partial charge in [0.25, 0.3) is 0 Å². The Bertz CT molecular complexity index is 608. The van der Waals surface area contributed by atoms with Gasteiger partial charge in [0.2, 0.25) is 0 Å². The molecule has 0 aliphatic heterocycles. The number of hydrogen-bond donors (Lipinski definition) is 2. The summed E-state index contributed by atoms with van der Waals surface area (Å²) in [6.45, 7) is 2.91. The van der Waals surface area contributed by atoms with Gasteiger partial charge in [-0.3, -0.25) is 0 Å². The Balaban J connectivity index is 2.01. The zero-order chi connectivity index (χ0) is 14.2. The minimum Gasteiger partial charge on any atom is -0.330 e. The van der Waals surface area contributed by atoms with Crippen LogP contribution in [0.4, 0.5) is 0 Å². The van der Waals surface area contributed by atoms with Crippen molar-refractivity contribution in [2.45, 2.75) is 32.2 Å². The molecule has 1 saturated carbocycles. The number of aryl methyl sites for hydroxylation is 1. The van der Waals surface area contributed by atoms with E-state index in [1.807, 2.05) is 0 Å². The van der Waals surface area contributed by atoms with Gasteiger partial charge in [0, 0.05) is 11.5 Å². The summed E-state index contributed by atoms with van der Waals surface area (Å²) in [6, 6.07) is 13.8. The molecule has 3 N–H and O–H groups in total. The first-order valence-electron chi connectivity index (χ1n) is 7.56. The molecule has 0 bridgehead atoms. The number of nitrogens with one attached hydrogen (secondary N) is 1. The Labute approximate surface area is 121 Å². The van der Waals surface area contributed by atoms with Crippen molar-refractivity contribution < 1.29 is 0 Å². The first-order valence-corrected chi connectivity index (χ1v) is 7.56. The van der Waals surface area contributed by atoms with Gasteiger partial charge < -0.3 is 11.1 Å². The van der Waals surface area contributed by atoms with Gasteiger partial charge in [-0.05, 0) is 55.8 Å². The molecular weight excluding hydrogens is 244 g/mol. The van der Waals surface area contributed by atoms with E-state index >= 15 is 0 Å². The lowest BCUT2D eigenvalue weighted by Gasteiger charge is -2.47. The molecule has 2 aromatic rings. The van der Waals surface area contributed by atoms with E-state index in [2.05, 4.69) is 55.7 Å². The molecular formula is C18H24N2. The van der Waals surface area contributed by atoms with Crippen LogP contribution in [-0.4, -0.2) is 13.6 Å². The molecule has 0 radical (unpaired) electrons. The Morgan fingerprint density at radius 2 is 1.85 bits per heavy atom. The summed E-state index contributed by atoms with van der Waals surface area (Å²) in [5, 5.41) is 6.15. The highest BCUT2D eigenvalue weighted by atomic mass is 14.9. The number of hydrogen-bond acceptors (Lipinski definition) is 2. The van der Waals surface area contributed by atoms with E-state index in [4.69, 9.17) is 5.73 Å². The molecule has 0 heterocycles. The maximum absolute atomic E-state index is 6.08. The van der Waals surface area contributed by atoms with E-state index in [1.54, 1.807) is 0 Å². The molecule has 0 aromatic heterocycles. The lowest BCUT2D eigenvalue weighted by Crippen LogP contribution is -2.47. The standard InChI is InChI=1S/C18H24N2/c1-13-4-5-15-11-16(7-6-14(15)10-13)17(20-2)18(12-19)8-3-9-18/h4-7,10-11,17,20H,3,8-9,12,19H2,1-2H3. The van der Waals surface area contributed by atoms with E-state index in [0.717, 1.165) is 6.54 Å². The Hall–Kier alpha value is -1.38. The molecule has 0 spiro atoms. The third-order valence-corrected chi connectivity index (χ3v) is 5.01. The van der Waals surface area contributed by atoms with Gasteiger partial charge in [-0.15, -0.1) is 0 Å². The third-order valence-electron chi connectivity index (χ3n) is 5.01. The van der Waals surface area contributed by atoms with Gasteiger partial charge in [-0.2, -0.15) is 0 Å². The summed E-state index contributed by atoms with van der Waals surface area (Å²) in [4.78, 5) is 0. The Kier molecular flexibility index (Phi) is 3.53. The summed E-state index contributed by atoms with van der Waals surface area (Å²) >= 11 is 0. The van der Waals surface area contributed by atoms with Crippen molar-refractivity contribution in [1.82, 2.24) is 5.32 Å². The van der Waals surface area contributed by atoms with Crippen LogP contribution in [0.3, 0.4) is 0 Å². The van der Waals surface area contributed by atoms with Crippen LogP contribution in [0.15, 0.2) is 36.4 Å². The van der Waals surface area contributed by atoms with Crippen molar-refractivity contribution in [3.05, 3.63) is 47.5 Å². The number of nitrogens with two attached hydrogens (primary N) is 1. The van der Waals surface area contributed by atoms with Crippen molar-refractivity contribution in [3.8, 4) is 0 Å². The van der Waals surface area contributed by atoms with Crippen LogP contribution in [0.5, 0.6) is 0 Å². The molecule has 0 saturated heterocycles. The maximum atomic E-state index is 6.08. The SMILES string of the molecule is CNC(c1ccc2cc(C)ccc2c1)C1(CN)CCC1. The zero-order valence-corrected chi connectivity index (χ0v) is 12.4. The van der Waals surface area contributed by atoms with E-state index in [1.165, 1.54) is 41.2 Å². The van der Waals surface area contributed by atoms with Crippen LogP contribution in [0.1, 0.15) is 36.4 Å². The fraction of sp³-hybridized carbons (Fsp3) is 0.444. The molecule has 0 amide bonds. The number of rotatable bonds is 4. The lowest BCUT2D eigenvalue weighted by atomic mass is 9.62. The maximum Gasteiger partial charge on any atom is 0.0387 e. The van der Waals surface area contributed by atoms with Crippen molar-refractivity contribution in [2.24, 2.45) is 11.1 Å². The van der Waals surface area contributed by atoms with Gasteiger partial charge in [0.15, 0.2) is 0 Å². The molecule has 2 aromatic carbocycles. The summed E-state index contributed by atoms with van der Waals surface area (Å²) in [5.41, 5.74) is 9.01. The van der Waals surface area contributed by atoms with Crippen LogP contribution in [-0.2, 0) is 0 Å². The van der Waals surface area contributed by atoms with Crippen molar-refractivity contribution in [3.63, 3.8) is 0 Å². The fourth-order valence-electron chi connectivity index (χ4n) is 3.63. The number of fused-ring (bicyclic) bond motifs is 1. The van der Waals surface area contributed by atoms with Gasteiger partial charge in [-0.25, -0.2) is 0 Å². The molecule has 1 aliphatic rings. The second-order valence-electron chi connectivity index (χ2n) is 6.25. The summed E-state index contributed by atoms with van der Waals surface area (Å²) in [7, 11) is 2.06. The molecule has 1 unspecified atom stereocenters. The summed E-state index contributed by atoms with van der Waals surface area (Å²) in [5.74, 6) is 0.